The Morgan fingerprint density at radius 2 is 1.47 bits per heavy atom. The number of rotatable bonds is 0. The standard InChI is InChI=1S/C9H6N2.2C2H6/c1-7-4-8(5-10)2-3-9(7)6-11;2*1-2/h2-4H,1H3;2*1-2H3. The smallest absolute Gasteiger partial charge is 0.0994 e. The lowest BCUT2D eigenvalue weighted by Crippen LogP contribution is -1.82. The number of hydrogen-bond donors (Lipinski definition) is 0. The minimum absolute atomic E-state index is 0.599. The highest BCUT2D eigenvalue weighted by atomic mass is 14.3. The van der Waals surface area contributed by atoms with Gasteiger partial charge in [0.25, 0.3) is 0 Å². The molecule has 0 fully saturated rings. The number of aryl methyl sites for hydroxylation is 1. The largest absolute Gasteiger partial charge is 0.192 e. The predicted molar refractivity (Wildman–Crippen MR) is 63.3 cm³/mol. The van der Waals surface area contributed by atoms with Crippen LogP contribution >= 0.6 is 0 Å². The van der Waals surface area contributed by atoms with Crippen molar-refractivity contribution in [2.24, 2.45) is 0 Å². The molecule has 80 valence electrons. The van der Waals surface area contributed by atoms with Gasteiger partial charge in [-0.05, 0) is 30.7 Å². The Morgan fingerprint density at radius 3 is 1.80 bits per heavy atom. The van der Waals surface area contributed by atoms with Gasteiger partial charge in [-0.1, -0.05) is 27.7 Å². The van der Waals surface area contributed by atoms with E-state index < -0.39 is 0 Å². The Balaban J connectivity index is 0. The summed E-state index contributed by atoms with van der Waals surface area (Å²) in [5.74, 6) is 0. The fourth-order valence-corrected chi connectivity index (χ4v) is 0.859. The van der Waals surface area contributed by atoms with Crippen LogP contribution in [0.4, 0.5) is 0 Å². The van der Waals surface area contributed by atoms with Gasteiger partial charge in [-0.2, -0.15) is 10.5 Å². The van der Waals surface area contributed by atoms with Crippen molar-refractivity contribution in [3.05, 3.63) is 34.9 Å². The minimum Gasteiger partial charge on any atom is -0.192 e. The predicted octanol–water partition coefficient (Wildman–Crippen LogP) is 3.79. The molecule has 0 bridgehead atoms. The monoisotopic (exact) mass is 202 g/mol. The van der Waals surface area contributed by atoms with Crippen LogP contribution in [0.1, 0.15) is 44.4 Å². The molecule has 1 aromatic rings. The van der Waals surface area contributed by atoms with Crippen molar-refractivity contribution in [2.45, 2.75) is 34.6 Å². The molecule has 0 aliphatic heterocycles. The van der Waals surface area contributed by atoms with Crippen LogP contribution in [0, 0.1) is 29.6 Å². The average Bonchev–Trinajstić information content (AvgIpc) is 2.34. The lowest BCUT2D eigenvalue weighted by Gasteiger charge is -1.94. The Hall–Kier alpha value is -1.80. The fraction of sp³-hybridized carbons (Fsp3) is 0.385. The highest BCUT2D eigenvalue weighted by molar-refractivity contribution is 5.43. The molecule has 0 aliphatic rings. The fourth-order valence-electron chi connectivity index (χ4n) is 0.859. The number of benzene rings is 1. The quantitative estimate of drug-likeness (QED) is 0.642. The van der Waals surface area contributed by atoms with E-state index in [4.69, 9.17) is 10.5 Å². The third kappa shape index (κ3) is 5.49. The van der Waals surface area contributed by atoms with Crippen molar-refractivity contribution in [3.8, 4) is 12.1 Å². The van der Waals surface area contributed by atoms with Gasteiger partial charge in [-0.15, -0.1) is 0 Å². The molecule has 0 radical (unpaired) electrons. The molecule has 0 N–H and O–H groups in total. The van der Waals surface area contributed by atoms with Crippen LogP contribution in [0.3, 0.4) is 0 Å². The first-order valence-electron chi connectivity index (χ1n) is 5.19. The number of nitrogens with zero attached hydrogens (tertiary/aromatic N) is 2. The third-order valence-electron chi connectivity index (χ3n) is 1.48. The normalized spacial score (nSPS) is 6.87. The first-order chi connectivity index (χ1) is 7.27. The summed E-state index contributed by atoms with van der Waals surface area (Å²) in [6, 6.07) is 9.06. The van der Waals surface area contributed by atoms with Gasteiger partial charge in [0.05, 0.1) is 23.3 Å². The van der Waals surface area contributed by atoms with E-state index in [-0.39, 0.29) is 0 Å². The van der Waals surface area contributed by atoms with E-state index in [1.807, 2.05) is 46.8 Å². The molecule has 0 saturated carbocycles. The summed E-state index contributed by atoms with van der Waals surface area (Å²) < 4.78 is 0. The third-order valence-corrected chi connectivity index (χ3v) is 1.48. The summed E-state index contributed by atoms with van der Waals surface area (Å²) in [5, 5.41) is 17.0. The molecule has 1 rings (SSSR count). The molecule has 0 aromatic heterocycles. The van der Waals surface area contributed by atoms with Gasteiger partial charge in [-0.3, -0.25) is 0 Å². The lowest BCUT2D eigenvalue weighted by atomic mass is 10.1. The Kier molecular flexibility index (Phi) is 10.7. The average molecular weight is 202 g/mol. The van der Waals surface area contributed by atoms with Crippen molar-refractivity contribution in [1.29, 1.82) is 10.5 Å². The van der Waals surface area contributed by atoms with Gasteiger partial charge in [0.1, 0.15) is 0 Å². The molecule has 1 aromatic carbocycles. The van der Waals surface area contributed by atoms with E-state index in [1.54, 1.807) is 18.2 Å². The zero-order valence-corrected chi connectivity index (χ0v) is 10.1. The summed E-state index contributed by atoms with van der Waals surface area (Å²) >= 11 is 0. The van der Waals surface area contributed by atoms with Crippen LogP contribution in [0.5, 0.6) is 0 Å². The van der Waals surface area contributed by atoms with Gasteiger partial charge in [0.15, 0.2) is 0 Å². The SMILES string of the molecule is CC.CC.Cc1cc(C#N)ccc1C#N. The maximum atomic E-state index is 8.55. The molecular weight excluding hydrogens is 184 g/mol. The number of nitriles is 2. The Morgan fingerprint density at radius 1 is 0.933 bits per heavy atom. The summed E-state index contributed by atoms with van der Waals surface area (Å²) in [6.45, 7) is 9.82. The highest BCUT2D eigenvalue weighted by Crippen LogP contribution is 2.08. The topological polar surface area (TPSA) is 47.6 Å². The van der Waals surface area contributed by atoms with Crippen molar-refractivity contribution in [1.82, 2.24) is 0 Å². The lowest BCUT2D eigenvalue weighted by molar-refractivity contribution is 1.37. The van der Waals surface area contributed by atoms with E-state index in [2.05, 4.69) is 0 Å². The van der Waals surface area contributed by atoms with E-state index in [0.717, 1.165) is 5.56 Å². The van der Waals surface area contributed by atoms with Crippen molar-refractivity contribution in [3.63, 3.8) is 0 Å². The van der Waals surface area contributed by atoms with Crippen molar-refractivity contribution in [2.75, 3.05) is 0 Å². The van der Waals surface area contributed by atoms with Gasteiger partial charge < -0.3 is 0 Å². The van der Waals surface area contributed by atoms with Gasteiger partial charge in [0, 0.05) is 0 Å². The summed E-state index contributed by atoms with van der Waals surface area (Å²) in [7, 11) is 0. The van der Waals surface area contributed by atoms with E-state index in [0.29, 0.717) is 11.1 Å². The Bertz CT molecular complexity index is 354. The molecule has 0 saturated heterocycles. The molecule has 2 nitrogen and oxygen atoms in total. The molecule has 0 amide bonds. The summed E-state index contributed by atoms with van der Waals surface area (Å²) in [4.78, 5) is 0. The van der Waals surface area contributed by atoms with Crippen molar-refractivity contribution < 1.29 is 0 Å². The minimum atomic E-state index is 0.599. The summed E-state index contributed by atoms with van der Waals surface area (Å²) in [6.07, 6.45) is 0. The maximum Gasteiger partial charge on any atom is 0.0994 e. The first kappa shape index (κ1) is 15.7. The second kappa shape index (κ2) is 10.3. The van der Waals surface area contributed by atoms with Crippen LogP contribution < -0.4 is 0 Å². The van der Waals surface area contributed by atoms with Gasteiger partial charge >= 0.3 is 0 Å². The molecule has 2 heteroatoms. The highest BCUT2D eigenvalue weighted by Gasteiger charge is 1.96. The van der Waals surface area contributed by atoms with Crippen LogP contribution in [-0.4, -0.2) is 0 Å². The molecule has 0 spiro atoms. The Labute approximate surface area is 92.8 Å². The van der Waals surface area contributed by atoms with Crippen LogP contribution in [0.15, 0.2) is 18.2 Å². The molecule has 0 unspecified atom stereocenters. The zero-order valence-electron chi connectivity index (χ0n) is 10.1. The molecule has 0 heterocycles. The van der Waals surface area contributed by atoms with E-state index in [9.17, 15) is 0 Å². The van der Waals surface area contributed by atoms with Crippen LogP contribution in [0.25, 0.3) is 0 Å². The molecule has 0 atom stereocenters. The van der Waals surface area contributed by atoms with Gasteiger partial charge in [0.2, 0.25) is 0 Å². The molecule has 0 aliphatic carbocycles. The van der Waals surface area contributed by atoms with Crippen LogP contribution in [-0.2, 0) is 0 Å². The van der Waals surface area contributed by atoms with Crippen LogP contribution in [0.2, 0.25) is 0 Å². The molecular formula is C13H18N2. The maximum absolute atomic E-state index is 8.55. The van der Waals surface area contributed by atoms with E-state index >= 15 is 0 Å². The van der Waals surface area contributed by atoms with Crippen molar-refractivity contribution >= 4 is 0 Å². The number of hydrogen-bond acceptors (Lipinski definition) is 2. The summed E-state index contributed by atoms with van der Waals surface area (Å²) in [5.41, 5.74) is 2.08. The second-order valence-corrected chi connectivity index (χ2v) is 2.25. The van der Waals surface area contributed by atoms with Gasteiger partial charge in [-0.25, -0.2) is 0 Å². The second-order valence-electron chi connectivity index (χ2n) is 2.25. The zero-order chi connectivity index (χ0) is 12.3. The molecule has 15 heavy (non-hydrogen) atoms. The van der Waals surface area contributed by atoms with E-state index in [1.165, 1.54) is 0 Å². The first-order valence-corrected chi connectivity index (χ1v) is 5.19.